The lowest BCUT2D eigenvalue weighted by molar-refractivity contribution is -0.159. The van der Waals surface area contributed by atoms with Gasteiger partial charge in [0.15, 0.2) is 0 Å². The zero-order valence-electron chi connectivity index (χ0n) is 21.8. The van der Waals surface area contributed by atoms with Crippen LogP contribution in [0.3, 0.4) is 0 Å². The number of rotatable bonds is 0. The Kier molecular flexibility index (Phi) is 13.1. The van der Waals surface area contributed by atoms with Crippen LogP contribution in [0, 0.1) is 0 Å². The number of β-amino-alcohol motifs (C(OH)–C–C–N with tert-alkyl or cyclic N) is 2. The van der Waals surface area contributed by atoms with Crippen molar-refractivity contribution in [2.45, 2.75) is 89.9 Å². The van der Waals surface area contributed by atoms with Crippen molar-refractivity contribution in [1.82, 2.24) is 9.80 Å². The van der Waals surface area contributed by atoms with E-state index in [0.29, 0.717) is 25.9 Å². The fraction of sp³-hybridized carbons (Fsp3) is 0.818. The first-order valence-electron chi connectivity index (χ1n) is 11.5. The normalized spacial score (nSPS) is 24.3. The van der Waals surface area contributed by atoms with Gasteiger partial charge in [0, 0.05) is 25.2 Å². The quantitative estimate of drug-likeness (QED) is 0.227. The Morgan fingerprint density at radius 3 is 1.17 bits per heavy atom. The number of aliphatic hydroxyl groups excluding tert-OH is 2. The molecule has 2 fully saturated rings. The summed E-state index contributed by atoms with van der Waals surface area (Å²) in [5, 5.41) is 33.8. The Balaban J connectivity index is 0.000000558. The van der Waals surface area contributed by atoms with Crippen LogP contribution in [0.15, 0.2) is 0 Å². The van der Waals surface area contributed by atoms with Crippen LogP contribution in [0.1, 0.15) is 54.4 Å². The van der Waals surface area contributed by atoms with Crippen molar-refractivity contribution in [3.8, 4) is 0 Å². The Hall–Kier alpha value is -2.68. The molecule has 0 bridgehead atoms. The number of nitrogens with zero attached hydrogens (tertiary/aromatic N) is 2. The second kappa shape index (κ2) is 14.2. The first-order valence-corrected chi connectivity index (χ1v) is 11.5. The van der Waals surface area contributed by atoms with Gasteiger partial charge in [-0.3, -0.25) is 0 Å². The first-order chi connectivity index (χ1) is 16.2. The Morgan fingerprint density at radius 1 is 0.694 bits per heavy atom. The van der Waals surface area contributed by atoms with Crippen LogP contribution < -0.4 is 11.5 Å². The van der Waals surface area contributed by atoms with Crippen molar-refractivity contribution in [2.24, 2.45) is 11.5 Å². The predicted octanol–water partition coefficient (Wildman–Crippen LogP) is -0.214. The maximum absolute atomic E-state index is 11.6. The summed E-state index contributed by atoms with van der Waals surface area (Å²) in [5.74, 6) is -3.65. The summed E-state index contributed by atoms with van der Waals surface area (Å²) in [7, 11) is 0. The van der Waals surface area contributed by atoms with Gasteiger partial charge in [-0.25, -0.2) is 19.2 Å². The Labute approximate surface area is 211 Å². The summed E-state index contributed by atoms with van der Waals surface area (Å²) in [6.45, 7) is 12.5. The molecule has 2 aliphatic heterocycles. The molecular weight excluding hydrogens is 480 g/mol. The Bertz CT molecular complexity index is 688. The van der Waals surface area contributed by atoms with Gasteiger partial charge in [-0.15, -0.1) is 0 Å². The molecule has 2 amide bonds. The molecule has 0 saturated carbocycles. The fourth-order valence-electron chi connectivity index (χ4n) is 2.88. The number of piperidine rings is 2. The third kappa shape index (κ3) is 14.0. The van der Waals surface area contributed by atoms with E-state index in [4.69, 9.17) is 40.7 Å². The molecule has 8 N–H and O–H groups in total. The monoisotopic (exact) mass is 522 g/mol. The fourth-order valence-corrected chi connectivity index (χ4v) is 2.88. The number of carbonyl (C=O) groups excluding carboxylic acids is 2. The number of carboxylic acids is 2. The molecule has 14 heteroatoms. The van der Waals surface area contributed by atoms with E-state index in [9.17, 15) is 19.8 Å². The van der Waals surface area contributed by atoms with E-state index in [-0.39, 0.29) is 37.4 Å². The second-order valence-corrected chi connectivity index (χ2v) is 10.5. The minimum Gasteiger partial charge on any atom is -0.473 e. The van der Waals surface area contributed by atoms with Gasteiger partial charge in [-0.05, 0) is 54.4 Å². The molecular formula is C22H42N4O10. The topological polar surface area (TPSA) is 226 Å². The molecule has 0 spiro atoms. The van der Waals surface area contributed by atoms with E-state index < -0.39 is 35.3 Å². The van der Waals surface area contributed by atoms with Gasteiger partial charge in [0.2, 0.25) is 0 Å². The summed E-state index contributed by atoms with van der Waals surface area (Å²) in [4.78, 5) is 44.4. The minimum atomic E-state index is -1.82. The molecule has 0 aromatic heterocycles. The standard InChI is InChI=1S/2C10H20N2O3.C2H2O4/c2*1-10(2,3)15-9(14)12-5-4-7(11)8(13)6-12;3-1(4)2(5)6/h2*7-8,13H,4-6,11H2,1-3H3;(H,3,4)(H,5,6). The largest absolute Gasteiger partial charge is 0.473 e. The van der Waals surface area contributed by atoms with Crippen LogP contribution in [0.5, 0.6) is 0 Å². The molecule has 210 valence electrons. The summed E-state index contributed by atoms with van der Waals surface area (Å²) >= 11 is 0. The van der Waals surface area contributed by atoms with Crippen molar-refractivity contribution >= 4 is 24.1 Å². The van der Waals surface area contributed by atoms with Gasteiger partial charge in [0.1, 0.15) is 11.2 Å². The summed E-state index contributed by atoms with van der Waals surface area (Å²) < 4.78 is 10.4. The van der Waals surface area contributed by atoms with E-state index in [1.807, 2.05) is 41.5 Å². The van der Waals surface area contributed by atoms with Gasteiger partial charge >= 0.3 is 24.1 Å². The van der Waals surface area contributed by atoms with Gasteiger partial charge < -0.3 is 51.2 Å². The summed E-state index contributed by atoms with van der Waals surface area (Å²) in [5.41, 5.74) is 10.3. The molecule has 0 radical (unpaired) electrons. The molecule has 14 nitrogen and oxygen atoms in total. The minimum absolute atomic E-state index is 0.233. The van der Waals surface area contributed by atoms with Crippen LogP contribution in [0.2, 0.25) is 0 Å². The number of carboxylic acid groups (broad SMARTS) is 2. The van der Waals surface area contributed by atoms with Crippen molar-refractivity contribution in [1.29, 1.82) is 0 Å². The van der Waals surface area contributed by atoms with E-state index in [2.05, 4.69) is 0 Å². The lowest BCUT2D eigenvalue weighted by Gasteiger charge is -2.35. The summed E-state index contributed by atoms with van der Waals surface area (Å²) in [6, 6.07) is -0.465. The molecule has 0 aromatic rings. The first kappa shape index (κ1) is 33.3. The van der Waals surface area contributed by atoms with E-state index >= 15 is 0 Å². The van der Waals surface area contributed by atoms with Crippen LogP contribution in [0.4, 0.5) is 9.59 Å². The number of hydrogen-bond acceptors (Lipinski definition) is 10. The molecule has 4 atom stereocenters. The average Bonchev–Trinajstić information content (AvgIpc) is 2.70. The predicted molar refractivity (Wildman–Crippen MR) is 128 cm³/mol. The van der Waals surface area contributed by atoms with Crippen LogP contribution in [0.25, 0.3) is 0 Å². The third-order valence-corrected chi connectivity index (χ3v) is 4.75. The van der Waals surface area contributed by atoms with E-state index in [1.165, 1.54) is 9.80 Å². The molecule has 2 aliphatic rings. The number of nitrogens with two attached hydrogens (primary N) is 2. The van der Waals surface area contributed by atoms with Crippen molar-refractivity contribution in [3.63, 3.8) is 0 Å². The van der Waals surface area contributed by atoms with Crippen molar-refractivity contribution in [2.75, 3.05) is 26.2 Å². The molecule has 2 saturated heterocycles. The lowest BCUT2D eigenvalue weighted by atomic mass is 10.0. The molecule has 0 aliphatic carbocycles. The number of ether oxygens (including phenoxy) is 2. The average molecular weight is 523 g/mol. The van der Waals surface area contributed by atoms with Gasteiger partial charge in [0.25, 0.3) is 0 Å². The highest BCUT2D eigenvalue weighted by molar-refractivity contribution is 6.27. The van der Waals surface area contributed by atoms with E-state index in [1.54, 1.807) is 0 Å². The number of carbonyl (C=O) groups is 4. The zero-order chi connectivity index (χ0) is 28.4. The Morgan fingerprint density at radius 2 is 0.972 bits per heavy atom. The highest BCUT2D eigenvalue weighted by atomic mass is 16.6. The maximum atomic E-state index is 11.6. The molecule has 36 heavy (non-hydrogen) atoms. The zero-order valence-corrected chi connectivity index (χ0v) is 21.8. The molecule has 2 rings (SSSR count). The lowest BCUT2D eigenvalue weighted by Crippen LogP contribution is -2.53. The van der Waals surface area contributed by atoms with E-state index in [0.717, 1.165) is 0 Å². The number of likely N-dealkylation sites (tertiary alicyclic amines) is 2. The highest BCUT2D eigenvalue weighted by Gasteiger charge is 2.31. The second-order valence-electron chi connectivity index (χ2n) is 10.5. The maximum Gasteiger partial charge on any atom is 0.414 e. The smallest absolute Gasteiger partial charge is 0.414 e. The molecule has 0 aromatic carbocycles. The molecule has 4 unspecified atom stereocenters. The number of aliphatic hydroxyl groups is 2. The number of aliphatic carboxylic acids is 2. The third-order valence-electron chi connectivity index (χ3n) is 4.75. The van der Waals surface area contributed by atoms with Gasteiger partial charge in [0.05, 0.1) is 25.3 Å². The van der Waals surface area contributed by atoms with Crippen LogP contribution in [-0.4, -0.2) is 116 Å². The number of hydrogen-bond donors (Lipinski definition) is 6. The van der Waals surface area contributed by atoms with Gasteiger partial charge in [-0.1, -0.05) is 0 Å². The van der Waals surface area contributed by atoms with Gasteiger partial charge in [-0.2, -0.15) is 0 Å². The molecule has 2 heterocycles. The van der Waals surface area contributed by atoms with Crippen LogP contribution >= 0.6 is 0 Å². The number of amides is 2. The van der Waals surface area contributed by atoms with Crippen molar-refractivity contribution in [3.05, 3.63) is 0 Å². The highest BCUT2D eigenvalue weighted by Crippen LogP contribution is 2.16. The van der Waals surface area contributed by atoms with Crippen LogP contribution in [-0.2, 0) is 19.1 Å². The summed E-state index contributed by atoms with van der Waals surface area (Å²) in [6.07, 6.45) is -0.833. The van der Waals surface area contributed by atoms with Crippen molar-refractivity contribution < 1.29 is 49.1 Å². The SMILES string of the molecule is CC(C)(C)OC(=O)N1CCC(N)C(O)C1.CC(C)(C)OC(=O)N1CCC(N)C(O)C1.O=C(O)C(=O)O.